The van der Waals surface area contributed by atoms with Crippen LogP contribution in [0.5, 0.6) is 5.75 Å². The van der Waals surface area contributed by atoms with Crippen LogP contribution in [0.4, 0.5) is 4.39 Å². The molecule has 30 heavy (non-hydrogen) atoms. The maximum absolute atomic E-state index is 14.6. The molecule has 1 aromatic carbocycles. The van der Waals surface area contributed by atoms with Crippen LogP contribution in [-0.2, 0) is 0 Å². The monoisotopic (exact) mass is 427 g/mol. The Labute approximate surface area is 180 Å². The van der Waals surface area contributed by atoms with E-state index in [9.17, 15) is 9.50 Å². The quantitative estimate of drug-likeness (QED) is 0.635. The second-order valence-corrected chi connectivity index (χ2v) is 10.4. The molecule has 0 unspecified atom stereocenters. The van der Waals surface area contributed by atoms with Gasteiger partial charge in [-0.25, -0.2) is 14.1 Å². The van der Waals surface area contributed by atoms with Gasteiger partial charge in [-0.1, -0.05) is 0 Å². The van der Waals surface area contributed by atoms with Crippen LogP contribution in [0.3, 0.4) is 0 Å². The summed E-state index contributed by atoms with van der Waals surface area (Å²) < 4.78 is 15.9. The molecule has 6 nitrogen and oxygen atoms in total. The Morgan fingerprint density at radius 2 is 1.87 bits per heavy atom. The number of hydrogen-bond donors (Lipinski definition) is 2. The SMILES string of the molecule is CC1(C)CC(Sc2cnc(-c3cc(F)c(-n4cccn4)cc3O)cn2)CC(C)(C)N1. The highest BCUT2D eigenvalue weighted by atomic mass is 32.2. The summed E-state index contributed by atoms with van der Waals surface area (Å²) in [5.41, 5.74) is 1.03. The molecule has 0 saturated carbocycles. The van der Waals surface area contributed by atoms with E-state index in [2.05, 4.69) is 48.1 Å². The molecular weight excluding hydrogens is 401 g/mol. The first-order valence-electron chi connectivity index (χ1n) is 9.93. The van der Waals surface area contributed by atoms with Crippen molar-refractivity contribution in [3.05, 3.63) is 48.8 Å². The fourth-order valence-electron chi connectivity index (χ4n) is 4.34. The van der Waals surface area contributed by atoms with Crippen LogP contribution in [0.25, 0.3) is 16.9 Å². The van der Waals surface area contributed by atoms with Crippen LogP contribution in [0.2, 0.25) is 0 Å². The van der Waals surface area contributed by atoms with Gasteiger partial charge in [0.25, 0.3) is 0 Å². The first kappa shape index (κ1) is 20.8. The van der Waals surface area contributed by atoms with E-state index in [1.165, 1.54) is 16.8 Å². The minimum Gasteiger partial charge on any atom is -0.507 e. The minimum absolute atomic E-state index is 0.0619. The highest BCUT2D eigenvalue weighted by molar-refractivity contribution is 7.99. The largest absolute Gasteiger partial charge is 0.507 e. The number of aromatic hydroxyl groups is 1. The van der Waals surface area contributed by atoms with E-state index in [1.54, 1.807) is 42.6 Å². The van der Waals surface area contributed by atoms with Gasteiger partial charge >= 0.3 is 0 Å². The van der Waals surface area contributed by atoms with Gasteiger partial charge in [0.1, 0.15) is 22.3 Å². The third-order valence-corrected chi connectivity index (χ3v) is 6.28. The molecule has 3 aromatic rings. The van der Waals surface area contributed by atoms with Crippen molar-refractivity contribution in [1.82, 2.24) is 25.1 Å². The molecule has 0 amide bonds. The molecule has 158 valence electrons. The average molecular weight is 428 g/mol. The lowest BCUT2D eigenvalue weighted by Gasteiger charge is -2.46. The van der Waals surface area contributed by atoms with E-state index in [1.807, 2.05) is 0 Å². The van der Waals surface area contributed by atoms with Crippen molar-refractivity contribution in [3.63, 3.8) is 0 Å². The number of nitrogens with one attached hydrogen (secondary N) is 1. The van der Waals surface area contributed by atoms with Gasteiger partial charge in [-0.15, -0.1) is 11.8 Å². The molecule has 1 fully saturated rings. The first-order chi connectivity index (χ1) is 14.1. The fourth-order valence-corrected chi connectivity index (χ4v) is 5.91. The predicted molar refractivity (Wildman–Crippen MR) is 116 cm³/mol. The molecule has 1 aliphatic rings. The van der Waals surface area contributed by atoms with E-state index < -0.39 is 5.82 Å². The summed E-state index contributed by atoms with van der Waals surface area (Å²) in [7, 11) is 0. The minimum atomic E-state index is -0.495. The second kappa shape index (κ2) is 7.67. The zero-order valence-corrected chi connectivity index (χ0v) is 18.4. The number of thioether (sulfide) groups is 1. The Morgan fingerprint density at radius 1 is 1.13 bits per heavy atom. The first-order valence-corrected chi connectivity index (χ1v) is 10.8. The van der Waals surface area contributed by atoms with Gasteiger partial charge in [-0.05, 0) is 52.7 Å². The zero-order valence-electron chi connectivity index (χ0n) is 17.6. The van der Waals surface area contributed by atoms with Crippen LogP contribution in [0.1, 0.15) is 40.5 Å². The number of rotatable bonds is 4. The Hall–Kier alpha value is -2.45. The molecule has 0 atom stereocenters. The summed E-state index contributed by atoms with van der Waals surface area (Å²) in [6.45, 7) is 8.89. The summed E-state index contributed by atoms with van der Waals surface area (Å²) in [5, 5.41) is 19.4. The van der Waals surface area contributed by atoms with Crippen LogP contribution >= 0.6 is 11.8 Å². The van der Waals surface area contributed by atoms with E-state index >= 15 is 0 Å². The summed E-state index contributed by atoms with van der Waals surface area (Å²) >= 11 is 1.72. The van der Waals surface area contributed by atoms with Gasteiger partial charge in [0.15, 0.2) is 0 Å². The van der Waals surface area contributed by atoms with Gasteiger partial charge in [0.05, 0.1) is 18.1 Å². The molecule has 1 saturated heterocycles. The molecule has 8 heteroatoms. The van der Waals surface area contributed by atoms with Gasteiger partial charge in [0, 0.05) is 40.4 Å². The van der Waals surface area contributed by atoms with Crippen molar-refractivity contribution >= 4 is 11.8 Å². The fraction of sp³-hybridized carbons (Fsp3) is 0.409. The Bertz CT molecular complexity index is 1020. The lowest BCUT2D eigenvalue weighted by Crippen LogP contribution is -2.58. The second-order valence-electron chi connectivity index (χ2n) is 9.05. The molecule has 2 N–H and O–H groups in total. The third-order valence-electron chi connectivity index (χ3n) is 5.16. The number of piperidine rings is 1. The number of phenolic OH excluding ortho intramolecular Hbond substituents is 1. The summed E-state index contributed by atoms with van der Waals surface area (Å²) in [5.74, 6) is -0.565. The third kappa shape index (κ3) is 4.49. The van der Waals surface area contributed by atoms with Crippen molar-refractivity contribution in [1.29, 1.82) is 0 Å². The van der Waals surface area contributed by atoms with Crippen molar-refractivity contribution in [3.8, 4) is 22.7 Å². The maximum atomic E-state index is 14.6. The molecule has 3 heterocycles. The standard InChI is InChI=1S/C22H26FN5OS/c1-21(2)10-14(11-22(3,4)27-21)30-20-13-24-17(12-25-20)15-8-16(23)18(9-19(15)29)28-7-5-6-26-28/h5-9,12-14,27,29H,10-11H2,1-4H3. The van der Waals surface area contributed by atoms with Crippen molar-refractivity contribution in [2.24, 2.45) is 0 Å². The predicted octanol–water partition coefficient (Wildman–Crippen LogP) is 4.58. The molecule has 0 radical (unpaired) electrons. The number of halogens is 1. The normalized spacial score (nSPS) is 18.4. The summed E-state index contributed by atoms with van der Waals surface area (Å²) in [4.78, 5) is 8.95. The van der Waals surface area contributed by atoms with Crippen LogP contribution in [0.15, 0.2) is 48.0 Å². The maximum Gasteiger partial charge on any atom is 0.149 e. The van der Waals surface area contributed by atoms with E-state index in [0.29, 0.717) is 16.5 Å². The molecule has 4 rings (SSSR count). The smallest absolute Gasteiger partial charge is 0.149 e. The van der Waals surface area contributed by atoms with Crippen LogP contribution in [-0.4, -0.2) is 41.2 Å². The van der Waals surface area contributed by atoms with E-state index in [4.69, 9.17) is 0 Å². The van der Waals surface area contributed by atoms with Gasteiger partial charge < -0.3 is 10.4 Å². The van der Waals surface area contributed by atoms with Crippen molar-refractivity contribution < 1.29 is 9.50 Å². The van der Waals surface area contributed by atoms with Crippen molar-refractivity contribution in [2.45, 2.75) is 61.9 Å². The summed E-state index contributed by atoms with van der Waals surface area (Å²) in [6.07, 6.45) is 8.52. The van der Waals surface area contributed by atoms with Gasteiger partial charge in [-0.2, -0.15) is 5.10 Å². The number of aromatic nitrogens is 4. The Morgan fingerprint density at radius 3 is 2.47 bits per heavy atom. The molecular formula is C22H26FN5OS. The number of benzene rings is 1. The zero-order chi connectivity index (χ0) is 21.5. The number of nitrogens with zero attached hydrogens (tertiary/aromatic N) is 4. The summed E-state index contributed by atoms with van der Waals surface area (Å²) in [6, 6.07) is 4.30. The van der Waals surface area contributed by atoms with Gasteiger partial charge in [0.2, 0.25) is 0 Å². The lowest BCUT2D eigenvalue weighted by molar-refractivity contribution is 0.188. The molecule has 1 aliphatic heterocycles. The molecule has 2 aromatic heterocycles. The molecule has 0 aliphatic carbocycles. The van der Waals surface area contributed by atoms with Crippen LogP contribution in [0, 0.1) is 5.82 Å². The number of hydrogen-bond acceptors (Lipinski definition) is 6. The lowest BCUT2D eigenvalue weighted by atomic mass is 9.82. The highest BCUT2D eigenvalue weighted by Crippen LogP contribution is 2.38. The molecule has 0 bridgehead atoms. The van der Waals surface area contributed by atoms with Crippen LogP contribution < -0.4 is 5.32 Å². The molecule has 0 spiro atoms. The Balaban J connectivity index is 1.53. The van der Waals surface area contributed by atoms with E-state index in [-0.39, 0.29) is 22.5 Å². The van der Waals surface area contributed by atoms with Gasteiger partial charge in [-0.3, -0.25) is 4.98 Å². The topological polar surface area (TPSA) is 75.9 Å². The highest BCUT2D eigenvalue weighted by Gasteiger charge is 2.38. The average Bonchev–Trinajstić information content (AvgIpc) is 3.16. The Kier molecular flexibility index (Phi) is 5.32. The number of phenols is 1. The van der Waals surface area contributed by atoms with Crippen molar-refractivity contribution in [2.75, 3.05) is 0 Å². The van der Waals surface area contributed by atoms with E-state index in [0.717, 1.165) is 17.9 Å².